The largest absolute Gasteiger partial charge is 0.369 e. The summed E-state index contributed by atoms with van der Waals surface area (Å²) in [6.45, 7) is 10.1. The molecule has 1 fully saturated rings. The molecule has 1 aliphatic heterocycles. The van der Waals surface area contributed by atoms with Crippen LogP contribution in [0, 0.1) is 5.41 Å². The van der Waals surface area contributed by atoms with E-state index in [1.54, 1.807) is 0 Å². The summed E-state index contributed by atoms with van der Waals surface area (Å²) in [6.07, 6.45) is 4.56. The van der Waals surface area contributed by atoms with Crippen molar-refractivity contribution in [1.29, 1.82) is 5.41 Å². The highest BCUT2D eigenvalue weighted by Gasteiger charge is 2.08. The molecule has 78 valence electrons. The molecule has 0 aromatic heterocycles. The van der Waals surface area contributed by atoms with Crippen LogP contribution in [0.15, 0.2) is 24.4 Å². The molecule has 0 spiro atoms. The zero-order chi connectivity index (χ0) is 10.4. The van der Waals surface area contributed by atoms with Crippen LogP contribution in [-0.4, -0.2) is 36.8 Å². The summed E-state index contributed by atoms with van der Waals surface area (Å²) in [5.74, 6) is 0. The van der Waals surface area contributed by atoms with Crippen LogP contribution >= 0.6 is 0 Å². The summed E-state index contributed by atoms with van der Waals surface area (Å²) in [5, 5.41) is 10.8. The van der Waals surface area contributed by atoms with Crippen molar-refractivity contribution >= 4 is 5.71 Å². The minimum absolute atomic E-state index is 0.654. The van der Waals surface area contributed by atoms with E-state index in [2.05, 4.69) is 16.8 Å². The average Bonchev–Trinajstić information content (AvgIpc) is 2.26. The second kappa shape index (κ2) is 5.60. The molecule has 0 bridgehead atoms. The van der Waals surface area contributed by atoms with E-state index in [0.29, 0.717) is 5.71 Å². The molecule has 0 radical (unpaired) electrons. The van der Waals surface area contributed by atoms with Gasteiger partial charge in [0.15, 0.2) is 0 Å². The molecular formula is C11H19N3. The Bertz CT molecular complexity index is 237. The first-order valence-electron chi connectivity index (χ1n) is 5.14. The smallest absolute Gasteiger partial charge is 0.0311 e. The van der Waals surface area contributed by atoms with Gasteiger partial charge in [0.05, 0.1) is 0 Å². The molecule has 0 aromatic rings. The summed E-state index contributed by atoms with van der Waals surface area (Å²) >= 11 is 0. The monoisotopic (exact) mass is 193 g/mol. The van der Waals surface area contributed by atoms with E-state index in [1.165, 1.54) is 0 Å². The van der Waals surface area contributed by atoms with Gasteiger partial charge in [0.25, 0.3) is 0 Å². The Labute approximate surface area is 86.0 Å². The SMILES string of the molecule is C=C(/C=C\C(=N)CC)N1CCNCC1. The van der Waals surface area contributed by atoms with Gasteiger partial charge < -0.3 is 15.6 Å². The lowest BCUT2D eigenvalue weighted by atomic mass is 10.2. The van der Waals surface area contributed by atoms with Crippen molar-refractivity contribution in [3.05, 3.63) is 24.4 Å². The summed E-state index contributed by atoms with van der Waals surface area (Å²) < 4.78 is 0. The van der Waals surface area contributed by atoms with Crippen LogP contribution in [0.1, 0.15) is 13.3 Å². The molecular weight excluding hydrogens is 174 g/mol. The fraction of sp³-hybridized carbons (Fsp3) is 0.545. The van der Waals surface area contributed by atoms with Crippen molar-refractivity contribution in [2.24, 2.45) is 0 Å². The molecule has 14 heavy (non-hydrogen) atoms. The van der Waals surface area contributed by atoms with Crippen molar-refractivity contribution in [2.45, 2.75) is 13.3 Å². The Hall–Kier alpha value is -1.09. The molecule has 3 heteroatoms. The molecule has 1 heterocycles. The summed E-state index contributed by atoms with van der Waals surface area (Å²) in [4.78, 5) is 2.25. The minimum Gasteiger partial charge on any atom is -0.369 e. The Balaban J connectivity index is 2.40. The minimum atomic E-state index is 0.654. The fourth-order valence-corrected chi connectivity index (χ4v) is 1.37. The third-order valence-electron chi connectivity index (χ3n) is 2.38. The highest BCUT2D eigenvalue weighted by Crippen LogP contribution is 2.04. The Morgan fingerprint density at radius 1 is 1.43 bits per heavy atom. The molecule has 1 rings (SSSR count). The Kier molecular flexibility index (Phi) is 4.40. The number of piperazine rings is 1. The molecule has 1 aliphatic rings. The average molecular weight is 193 g/mol. The molecule has 2 N–H and O–H groups in total. The molecule has 3 nitrogen and oxygen atoms in total. The number of hydrogen-bond acceptors (Lipinski definition) is 3. The molecule has 0 aliphatic carbocycles. The van der Waals surface area contributed by atoms with E-state index in [0.717, 1.165) is 38.3 Å². The predicted molar refractivity (Wildman–Crippen MR) is 60.7 cm³/mol. The summed E-state index contributed by atoms with van der Waals surface area (Å²) in [7, 11) is 0. The zero-order valence-corrected chi connectivity index (χ0v) is 8.84. The van der Waals surface area contributed by atoms with Crippen molar-refractivity contribution in [2.75, 3.05) is 26.2 Å². The van der Waals surface area contributed by atoms with Gasteiger partial charge in [-0.2, -0.15) is 0 Å². The van der Waals surface area contributed by atoms with E-state index in [-0.39, 0.29) is 0 Å². The van der Waals surface area contributed by atoms with Crippen molar-refractivity contribution in [1.82, 2.24) is 10.2 Å². The van der Waals surface area contributed by atoms with E-state index in [1.807, 2.05) is 19.1 Å². The van der Waals surface area contributed by atoms with Crippen LogP contribution < -0.4 is 5.32 Å². The van der Waals surface area contributed by atoms with E-state index in [9.17, 15) is 0 Å². The Morgan fingerprint density at radius 3 is 2.64 bits per heavy atom. The fourth-order valence-electron chi connectivity index (χ4n) is 1.37. The lowest BCUT2D eigenvalue weighted by molar-refractivity contribution is 0.308. The molecule has 0 unspecified atom stereocenters. The number of nitrogens with zero attached hydrogens (tertiary/aromatic N) is 1. The predicted octanol–water partition coefficient (Wildman–Crippen LogP) is 1.39. The maximum absolute atomic E-state index is 7.49. The highest BCUT2D eigenvalue weighted by molar-refractivity contribution is 5.92. The first kappa shape index (κ1) is 11.0. The Morgan fingerprint density at radius 2 is 2.07 bits per heavy atom. The summed E-state index contributed by atoms with van der Waals surface area (Å²) in [6, 6.07) is 0. The quantitative estimate of drug-likeness (QED) is 0.523. The first-order valence-corrected chi connectivity index (χ1v) is 5.14. The van der Waals surface area contributed by atoms with Gasteiger partial charge in [-0.1, -0.05) is 13.5 Å². The van der Waals surface area contributed by atoms with E-state index < -0.39 is 0 Å². The number of allylic oxidation sites excluding steroid dienone is 2. The van der Waals surface area contributed by atoms with E-state index >= 15 is 0 Å². The number of nitrogens with one attached hydrogen (secondary N) is 2. The van der Waals surface area contributed by atoms with E-state index in [4.69, 9.17) is 5.41 Å². The molecule has 0 atom stereocenters. The van der Waals surface area contributed by atoms with Gasteiger partial charge in [0.1, 0.15) is 0 Å². The van der Waals surface area contributed by atoms with Crippen LogP contribution in [0.3, 0.4) is 0 Å². The zero-order valence-electron chi connectivity index (χ0n) is 8.84. The standard InChI is InChI=1S/C11H19N3/c1-3-11(12)5-4-10(2)14-8-6-13-7-9-14/h4-5,12-13H,2-3,6-9H2,1H3/b5-4-,12-11?. The maximum Gasteiger partial charge on any atom is 0.0311 e. The first-order chi connectivity index (χ1) is 6.74. The van der Waals surface area contributed by atoms with Gasteiger partial charge in [-0.3, -0.25) is 0 Å². The van der Waals surface area contributed by atoms with Gasteiger partial charge in [-0.15, -0.1) is 0 Å². The lowest BCUT2D eigenvalue weighted by Gasteiger charge is -2.29. The van der Waals surface area contributed by atoms with Crippen LogP contribution in [0.25, 0.3) is 0 Å². The topological polar surface area (TPSA) is 39.1 Å². The van der Waals surface area contributed by atoms with Crippen LogP contribution in [0.4, 0.5) is 0 Å². The third-order valence-corrected chi connectivity index (χ3v) is 2.38. The highest BCUT2D eigenvalue weighted by atomic mass is 15.2. The van der Waals surface area contributed by atoms with Crippen molar-refractivity contribution in [3.63, 3.8) is 0 Å². The van der Waals surface area contributed by atoms with Crippen LogP contribution in [0.2, 0.25) is 0 Å². The molecule has 0 saturated carbocycles. The maximum atomic E-state index is 7.49. The van der Waals surface area contributed by atoms with Crippen LogP contribution in [0.5, 0.6) is 0 Å². The number of rotatable bonds is 4. The van der Waals surface area contributed by atoms with Crippen molar-refractivity contribution < 1.29 is 0 Å². The van der Waals surface area contributed by atoms with Crippen molar-refractivity contribution in [3.8, 4) is 0 Å². The second-order valence-electron chi connectivity index (χ2n) is 3.44. The second-order valence-corrected chi connectivity index (χ2v) is 3.44. The molecule has 0 amide bonds. The summed E-state index contributed by atoms with van der Waals surface area (Å²) in [5.41, 5.74) is 1.67. The van der Waals surface area contributed by atoms with Crippen LogP contribution in [-0.2, 0) is 0 Å². The molecule has 1 saturated heterocycles. The third kappa shape index (κ3) is 3.34. The van der Waals surface area contributed by atoms with Gasteiger partial charge in [0.2, 0.25) is 0 Å². The van der Waals surface area contributed by atoms with Gasteiger partial charge in [0, 0.05) is 37.6 Å². The van der Waals surface area contributed by atoms with Gasteiger partial charge in [-0.05, 0) is 18.6 Å². The molecule has 0 aromatic carbocycles. The van der Waals surface area contributed by atoms with Gasteiger partial charge in [-0.25, -0.2) is 0 Å². The number of hydrogen-bond donors (Lipinski definition) is 2. The normalized spacial score (nSPS) is 17.4. The lowest BCUT2D eigenvalue weighted by Crippen LogP contribution is -2.42. The van der Waals surface area contributed by atoms with Gasteiger partial charge >= 0.3 is 0 Å².